The Labute approximate surface area is 317 Å². The summed E-state index contributed by atoms with van der Waals surface area (Å²) in [6.07, 6.45) is 30.4. The highest BCUT2D eigenvalue weighted by Crippen LogP contribution is 2.23. The Hall–Kier alpha value is -0.340. The standard InChI is InChI=1S/C35H69F3O3S.C8H20N/c1-2-3-4-5-6-7-8-9-10-11-12-13-14-15-16-17-18-21-24-27-30-33-41-42(39,40)34-31-28-25-22-19-20-23-26-29-32-35(36,37)38;1-5-9(6-2,7-3)8-4/h2-34H2,1H3;5-8H2,1-4H3/q;+1. The smallest absolute Gasteiger partial charge is 0.325 e. The van der Waals surface area contributed by atoms with Gasteiger partial charge >= 0.3 is 6.18 Å². The van der Waals surface area contributed by atoms with Crippen LogP contribution >= 0.6 is 0 Å². The minimum atomic E-state index is -4.03. The number of halogens is 3. The first kappa shape index (κ1) is 52.8. The normalized spacial score (nSPS) is 12.3. The highest BCUT2D eigenvalue weighted by atomic mass is 32.2. The summed E-state index contributed by atoms with van der Waals surface area (Å²) in [6.45, 7) is 16.8. The predicted molar refractivity (Wildman–Crippen MR) is 217 cm³/mol. The molecule has 0 fully saturated rings. The zero-order chi connectivity index (χ0) is 38.4. The second-order valence-corrected chi connectivity index (χ2v) is 17.1. The highest BCUT2D eigenvalue weighted by Gasteiger charge is 2.25. The van der Waals surface area contributed by atoms with Crippen molar-refractivity contribution in [1.82, 2.24) is 0 Å². The molecular formula is C43H89F3NO3S+. The van der Waals surface area contributed by atoms with E-state index in [9.17, 15) is 21.6 Å². The molecule has 0 amide bonds. The van der Waals surface area contributed by atoms with E-state index in [0.29, 0.717) is 19.4 Å². The van der Waals surface area contributed by atoms with Crippen LogP contribution in [0.2, 0.25) is 0 Å². The van der Waals surface area contributed by atoms with Crippen molar-refractivity contribution in [3.63, 3.8) is 0 Å². The molecule has 0 heterocycles. The van der Waals surface area contributed by atoms with E-state index in [0.717, 1.165) is 57.8 Å². The molecule has 0 bridgehead atoms. The Kier molecular flexibility index (Phi) is 39.3. The highest BCUT2D eigenvalue weighted by molar-refractivity contribution is 7.86. The molecule has 0 rings (SSSR count). The fraction of sp³-hybridized carbons (Fsp3) is 1.00. The summed E-state index contributed by atoms with van der Waals surface area (Å²) in [7, 11) is -3.42. The van der Waals surface area contributed by atoms with Crippen molar-refractivity contribution < 1.29 is 30.3 Å². The van der Waals surface area contributed by atoms with Crippen LogP contribution in [0.4, 0.5) is 13.2 Å². The van der Waals surface area contributed by atoms with Crippen LogP contribution in [0.15, 0.2) is 0 Å². The van der Waals surface area contributed by atoms with Crippen molar-refractivity contribution in [3.05, 3.63) is 0 Å². The molecule has 0 atom stereocenters. The first-order valence-electron chi connectivity index (χ1n) is 22.3. The largest absolute Gasteiger partial charge is 0.389 e. The molecule has 0 aromatic carbocycles. The van der Waals surface area contributed by atoms with Gasteiger partial charge in [-0.25, -0.2) is 0 Å². The molecule has 0 aliphatic heterocycles. The lowest BCUT2D eigenvalue weighted by Crippen LogP contribution is -2.47. The fourth-order valence-corrected chi connectivity index (χ4v) is 8.01. The lowest BCUT2D eigenvalue weighted by molar-refractivity contribution is -0.921. The molecule has 0 N–H and O–H groups in total. The predicted octanol–water partition coefficient (Wildman–Crippen LogP) is 14.9. The quantitative estimate of drug-likeness (QED) is 0.0358. The Morgan fingerprint density at radius 3 is 0.961 bits per heavy atom. The number of unbranched alkanes of at least 4 members (excludes halogenated alkanes) is 28. The first-order chi connectivity index (χ1) is 24.5. The Bertz CT molecular complexity index is 770. The van der Waals surface area contributed by atoms with E-state index < -0.39 is 22.7 Å². The van der Waals surface area contributed by atoms with Crippen molar-refractivity contribution in [3.8, 4) is 0 Å². The van der Waals surface area contributed by atoms with E-state index in [1.54, 1.807) is 0 Å². The third-order valence-electron chi connectivity index (χ3n) is 11.0. The van der Waals surface area contributed by atoms with Gasteiger partial charge in [-0.05, 0) is 47.0 Å². The zero-order valence-electron chi connectivity index (χ0n) is 34.9. The average molecular weight is 757 g/mol. The maximum absolute atomic E-state index is 12.1. The van der Waals surface area contributed by atoms with Crippen LogP contribution in [0.5, 0.6) is 0 Å². The van der Waals surface area contributed by atoms with E-state index in [1.165, 1.54) is 146 Å². The second kappa shape index (κ2) is 38.0. The molecular weight excluding hydrogens is 668 g/mol. The first-order valence-corrected chi connectivity index (χ1v) is 23.9. The molecule has 0 saturated heterocycles. The number of quaternary nitrogens is 1. The fourth-order valence-electron chi connectivity index (χ4n) is 6.96. The zero-order valence-corrected chi connectivity index (χ0v) is 35.7. The Morgan fingerprint density at radius 1 is 0.412 bits per heavy atom. The average Bonchev–Trinajstić information content (AvgIpc) is 3.10. The van der Waals surface area contributed by atoms with E-state index in [1.807, 2.05) is 0 Å². The van der Waals surface area contributed by atoms with Gasteiger partial charge in [0.15, 0.2) is 0 Å². The number of hydrogen-bond acceptors (Lipinski definition) is 3. The van der Waals surface area contributed by atoms with Gasteiger partial charge in [-0.1, -0.05) is 180 Å². The van der Waals surface area contributed by atoms with Gasteiger partial charge in [0.2, 0.25) is 0 Å². The topological polar surface area (TPSA) is 43.4 Å². The molecule has 0 aromatic heterocycles. The van der Waals surface area contributed by atoms with Gasteiger partial charge in [0.05, 0.1) is 38.5 Å². The third-order valence-corrected chi connectivity index (χ3v) is 12.4. The summed E-state index contributed by atoms with van der Waals surface area (Å²) in [5.41, 5.74) is 0. The number of nitrogens with zero attached hydrogens (tertiary/aromatic N) is 1. The minimum Gasteiger partial charge on any atom is -0.325 e. The lowest BCUT2D eigenvalue weighted by atomic mass is 10.0. The molecule has 51 heavy (non-hydrogen) atoms. The second-order valence-electron chi connectivity index (χ2n) is 15.3. The van der Waals surface area contributed by atoms with Gasteiger partial charge in [-0.3, -0.25) is 4.18 Å². The summed E-state index contributed by atoms with van der Waals surface area (Å²) >= 11 is 0. The summed E-state index contributed by atoms with van der Waals surface area (Å²) in [4.78, 5) is 0. The minimum absolute atomic E-state index is 0.0870. The van der Waals surface area contributed by atoms with Crippen molar-refractivity contribution >= 4 is 10.1 Å². The molecule has 0 saturated carbocycles. The van der Waals surface area contributed by atoms with Crippen molar-refractivity contribution in [2.45, 2.75) is 240 Å². The van der Waals surface area contributed by atoms with Crippen molar-refractivity contribution in [2.75, 3.05) is 38.5 Å². The molecule has 0 aliphatic rings. The summed E-state index contributed by atoms with van der Waals surface area (Å²) in [5.74, 6) is 0.0870. The molecule has 0 aromatic rings. The monoisotopic (exact) mass is 757 g/mol. The van der Waals surface area contributed by atoms with Gasteiger partial charge in [0, 0.05) is 6.42 Å². The summed E-state index contributed by atoms with van der Waals surface area (Å²) < 4.78 is 66.8. The Balaban J connectivity index is 0. The van der Waals surface area contributed by atoms with Gasteiger partial charge in [-0.15, -0.1) is 0 Å². The van der Waals surface area contributed by atoms with Crippen LogP contribution in [-0.4, -0.2) is 57.6 Å². The molecule has 0 radical (unpaired) electrons. The molecule has 0 unspecified atom stereocenters. The Morgan fingerprint density at radius 2 is 0.686 bits per heavy atom. The van der Waals surface area contributed by atoms with E-state index in [2.05, 4.69) is 34.6 Å². The summed E-state index contributed by atoms with van der Waals surface area (Å²) in [6, 6.07) is 0. The van der Waals surface area contributed by atoms with E-state index in [4.69, 9.17) is 4.18 Å². The molecule has 0 spiro atoms. The van der Waals surface area contributed by atoms with Crippen molar-refractivity contribution in [1.29, 1.82) is 0 Å². The maximum atomic E-state index is 12.1. The molecule has 0 aliphatic carbocycles. The van der Waals surface area contributed by atoms with Crippen LogP contribution in [0.3, 0.4) is 0 Å². The lowest BCUT2D eigenvalue weighted by Gasteiger charge is -2.34. The van der Waals surface area contributed by atoms with Crippen LogP contribution in [0.1, 0.15) is 234 Å². The molecule has 4 nitrogen and oxygen atoms in total. The van der Waals surface area contributed by atoms with Crippen molar-refractivity contribution in [2.24, 2.45) is 0 Å². The maximum Gasteiger partial charge on any atom is 0.389 e. The van der Waals surface area contributed by atoms with Gasteiger partial charge in [-0.2, -0.15) is 21.6 Å². The van der Waals surface area contributed by atoms with Crippen LogP contribution < -0.4 is 0 Å². The SMILES string of the molecule is CCCCCCCCCCCCCCCCCCCCCCCOS(=O)(=O)CCCCCCCCCCCC(F)(F)F.CC[N+](CC)(CC)CC. The third kappa shape index (κ3) is 40.7. The van der Waals surface area contributed by atoms with Gasteiger partial charge < -0.3 is 4.48 Å². The number of alkyl halides is 3. The van der Waals surface area contributed by atoms with Crippen LogP contribution in [0, 0.1) is 0 Å². The van der Waals surface area contributed by atoms with Crippen LogP contribution in [0.25, 0.3) is 0 Å². The van der Waals surface area contributed by atoms with E-state index >= 15 is 0 Å². The number of rotatable bonds is 38. The van der Waals surface area contributed by atoms with Crippen LogP contribution in [-0.2, 0) is 14.3 Å². The number of hydrogen-bond donors (Lipinski definition) is 0. The summed E-state index contributed by atoms with van der Waals surface area (Å²) in [5, 5.41) is 0. The van der Waals surface area contributed by atoms with E-state index in [-0.39, 0.29) is 12.2 Å². The molecule has 8 heteroatoms. The van der Waals surface area contributed by atoms with Gasteiger partial charge in [0.25, 0.3) is 10.1 Å². The van der Waals surface area contributed by atoms with Gasteiger partial charge in [0.1, 0.15) is 0 Å². The molecule has 310 valence electrons.